The molecule has 1 saturated heterocycles. The Kier molecular flexibility index (Phi) is 6.63. The average molecular weight is 417 g/mol. The summed E-state index contributed by atoms with van der Waals surface area (Å²) in [4.78, 5) is 14.7. The molecule has 4 rings (SSSR count). The molecule has 1 aliphatic rings. The van der Waals surface area contributed by atoms with Gasteiger partial charge in [-0.3, -0.25) is 9.69 Å². The predicted molar refractivity (Wildman–Crippen MR) is 126 cm³/mol. The van der Waals surface area contributed by atoms with Crippen molar-refractivity contribution in [3.05, 3.63) is 95.0 Å². The number of benzene rings is 3. The fourth-order valence-electron chi connectivity index (χ4n) is 3.68. The van der Waals surface area contributed by atoms with Crippen LogP contribution in [0.2, 0.25) is 5.02 Å². The number of hydrogen-bond acceptors (Lipinski definition) is 2. The lowest BCUT2D eigenvalue weighted by Gasteiger charge is -2.14. The van der Waals surface area contributed by atoms with E-state index in [9.17, 15) is 4.79 Å². The zero-order chi connectivity index (χ0) is 20.8. The number of hydrogen-bond donors (Lipinski definition) is 1. The van der Waals surface area contributed by atoms with Crippen LogP contribution in [-0.2, 0) is 11.3 Å². The van der Waals surface area contributed by atoms with E-state index in [1.165, 1.54) is 31.5 Å². The quantitative estimate of drug-likeness (QED) is 0.481. The molecule has 3 aromatic rings. The predicted octanol–water partition coefficient (Wildman–Crippen LogP) is 6.25. The highest BCUT2D eigenvalue weighted by Crippen LogP contribution is 2.22. The van der Waals surface area contributed by atoms with Gasteiger partial charge in [0.2, 0.25) is 5.91 Å². The molecule has 1 aliphatic heterocycles. The number of carbonyl (C=O) groups is 1. The summed E-state index contributed by atoms with van der Waals surface area (Å²) in [7, 11) is 0. The molecule has 3 nitrogen and oxygen atoms in total. The Balaban J connectivity index is 1.31. The van der Waals surface area contributed by atoms with Crippen molar-refractivity contribution >= 4 is 29.3 Å². The van der Waals surface area contributed by atoms with E-state index in [2.05, 4.69) is 22.3 Å². The first kappa shape index (κ1) is 20.4. The molecule has 0 radical (unpaired) electrons. The molecule has 1 heterocycles. The molecule has 0 aromatic heterocycles. The third kappa shape index (κ3) is 5.59. The smallest absolute Gasteiger partial charge is 0.248 e. The highest BCUT2D eigenvalue weighted by molar-refractivity contribution is 6.30. The van der Waals surface area contributed by atoms with Gasteiger partial charge >= 0.3 is 0 Å². The average Bonchev–Trinajstić information content (AvgIpc) is 3.28. The number of nitrogens with one attached hydrogen (secondary N) is 1. The van der Waals surface area contributed by atoms with Crippen molar-refractivity contribution in [1.29, 1.82) is 0 Å². The van der Waals surface area contributed by atoms with E-state index in [0.29, 0.717) is 0 Å². The van der Waals surface area contributed by atoms with Gasteiger partial charge in [-0.15, -0.1) is 0 Å². The van der Waals surface area contributed by atoms with Gasteiger partial charge in [0.05, 0.1) is 0 Å². The Morgan fingerprint density at radius 3 is 2.10 bits per heavy atom. The molecule has 1 N–H and O–H groups in total. The summed E-state index contributed by atoms with van der Waals surface area (Å²) < 4.78 is 0. The van der Waals surface area contributed by atoms with Crippen molar-refractivity contribution in [2.45, 2.75) is 19.4 Å². The topological polar surface area (TPSA) is 32.3 Å². The van der Waals surface area contributed by atoms with Gasteiger partial charge in [0.25, 0.3) is 0 Å². The van der Waals surface area contributed by atoms with Crippen LogP contribution in [0.25, 0.3) is 17.2 Å². The van der Waals surface area contributed by atoms with E-state index in [-0.39, 0.29) is 5.91 Å². The summed E-state index contributed by atoms with van der Waals surface area (Å²) in [5.41, 5.74) is 5.30. The highest BCUT2D eigenvalue weighted by atomic mass is 35.5. The minimum atomic E-state index is -0.135. The minimum Gasteiger partial charge on any atom is -0.323 e. The largest absolute Gasteiger partial charge is 0.323 e. The molecule has 0 saturated carbocycles. The maximum Gasteiger partial charge on any atom is 0.248 e. The van der Waals surface area contributed by atoms with Crippen molar-refractivity contribution in [3.8, 4) is 11.1 Å². The van der Waals surface area contributed by atoms with E-state index in [4.69, 9.17) is 11.6 Å². The van der Waals surface area contributed by atoms with Gasteiger partial charge in [0.1, 0.15) is 0 Å². The zero-order valence-corrected chi connectivity index (χ0v) is 17.6. The van der Waals surface area contributed by atoms with Crippen LogP contribution < -0.4 is 5.32 Å². The maximum atomic E-state index is 12.3. The molecule has 4 heteroatoms. The van der Waals surface area contributed by atoms with Gasteiger partial charge in [-0.25, -0.2) is 0 Å². The summed E-state index contributed by atoms with van der Waals surface area (Å²) in [6.07, 6.45) is 5.98. The molecule has 3 aromatic carbocycles. The first-order valence-corrected chi connectivity index (χ1v) is 10.7. The lowest BCUT2D eigenvalue weighted by molar-refractivity contribution is -0.111. The van der Waals surface area contributed by atoms with Gasteiger partial charge in [-0.1, -0.05) is 60.1 Å². The van der Waals surface area contributed by atoms with Crippen LogP contribution in [0.5, 0.6) is 0 Å². The van der Waals surface area contributed by atoms with Crippen molar-refractivity contribution in [2.24, 2.45) is 0 Å². The molecule has 30 heavy (non-hydrogen) atoms. The minimum absolute atomic E-state index is 0.135. The molecule has 0 bridgehead atoms. The number of rotatable bonds is 6. The fraction of sp³-hybridized carbons (Fsp3) is 0.192. The molecule has 0 spiro atoms. The van der Waals surface area contributed by atoms with E-state index in [1.54, 1.807) is 6.08 Å². The maximum absolute atomic E-state index is 12.3. The number of halogens is 1. The molecular weight excluding hydrogens is 392 g/mol. The molecular formula is C26H25ClN2O. The lowest BCUT2D eigenvalue weighted by Crippen LogP contribution is -2.18. The van der Waals surface area contributed by atoms with Gasteiger partial charge in [0.15, 0.2) is 0 Å². The summed E-state index contributed by atoms with van der Waals surface area (Å²) >= 11 is 5.95. The first-order valence-electron chi connectivity index (χ1n) is 10.3. The van der Waals surface area contributed by atoms with E-state index >= 15 is 0 Å². The normalized spacial score (nSPS) is 14.3. The zero-order valence-electron chi connectivity index (χ0n) is 16.9. The first-order chi connectivity index (χ1) is 14.7. The SMILES string of the molecule is O=C(C=Cc1ccc(-c2ccc(Cl)cc2)cc1)Nc1ccc(CN2CCCC2)cc1. The van der Waals surface area contributed by atoms with Gasteiger partial charge in [-0.2, -0.15) is 0 Å². The number of anilines is 1. The second kappa shape index (κ2) is 9.75. The standard InChI is InChI=1S/C26H25ClN2O/c27-24-12-10-23(11-13-24)22-8-3-20(4-9-22)7-16-26(30)28-25-14-5-21(6-15-25)19-29-17-1-2-18-29/h3-16H,1-2,17-19H2,(H,28,30). The summed E-state index contributed by atoms with van der Waals surface area (Å²) in [6, 6.07) is 24.0. The number of carbonyl (C=O) groups excluding carboxylic acids is 1. The van der Waals surface area contributed by atoms with Crippen molar-refractivity contribution in [3.63, 3.8) is 0 Å². The van der Waals surface area contributed by atoms with E-state index in [1.807, 2.05) is 66.7 Å². The second-order valence-electron chi connectivity index (χ2n) is 7.63. The van der Waals surface area contributed by atoms with Crippen LogP contribution in [0.4, 0.5) is 5.69 Å². The molecule has 0 atom stereocenters. The molecule has 0 unspecified atom stereocenters. The fourth-order valence-corrected chi connectivity index (χ4v) is 3.80. The second-order valence-corrected chi connectivity index (χ2v) is 8.07. The van der Waals surface area contributed by atoms with Crippen LogP contribution in [0, 0.1) is 0 Å². The summed E-state index contributed by atoms with van der Waals surface area (Å²) in [5.74, 6) is -0.135. The third-order valence-corrected chi connectivity index (χ3v) is 5.59. The Morgan fingerprint density at radius 2 is 1.47 bits per heavy atom. The van der Waals surface area contributed by atoms with Gasteiger partial charge in [-0.05, 0) is 78.5 Å². The highest BCUT2D eigenvalue weighted by Gasteiger charge is 2.11. The van der Waals surface area contributed by atoms with Crippen molar-refractivity contribution in [2.75, 3.05) is 18.4 Å². The van der Waals surface area contributed by atoms with Crippen LogP contribution in [-0.4, -0.2) is 23.9 Å². The molecule has 0 aliphatic carbocycles. The Hall–Kier alpha value is -2.88. The molecule has 152 valence electrons. The van der Waals surface area contributed by atoms with Crippen LogP contribution in [0.3, 0.4) is 0 Å². The molecule has 1 fully saturated rings. The summed E-state index contributed by atoms with van der Waals surface area (Å²) in [6.45, 7) is 3.36. The van der Waals surface area contributed by atoms with Crippen LogP contribution >= 0.6 is 11.6 Å². The van der Waals surface area contributed by atoms with Crippen LogP contribution in [0.15, 0.2) is 78.9 Å². The van der Waals surface area contributed by atoms with Gasteiger partial charge < -0.3 is 5.32 Å². The third-order valence-electron chi connectivity index (χ3n) is 5.34. The Labute approximate surface area is 183 Å². The number of amides is 1. The van der Waals surface area contributed by atoms with Gasteiger partial charge in [0, 0.05) is 23.3 Å². The Morgan fingerprint density at radius 1 is 0.867 bits per heavy atom. The van der Waals surface area contributed by atoms with Crippen molar-refractivity contribution in [1.82, 2.24) is 4.90 Å². The summed E-state index contributed by atoms with van der Waals surface area (Å²) in [5, 5.41) is 3.65. The van der Waals surface area contributed by atoms with E-state index in [0.717, 1.165) is 33.9 Å². The number of nitrogens with zero attached hydrogens (tertiary/aromatic N) is 1. The number of likely N-dealkylation sites (tertiary alicyclic amines) is 1. The Bertz CT molecular complexity index is 1000. The lowest BCUT2D eigenvalue weighted by atomic mass is 10.0. The monoisotopic (exact) mass is 416 g/mol. The molecule has 1 amide bonds. The van der Waals surface area contributed by atoms with Crippen LogP contribution in [0.1, 0.15) is 24.0 Å². The van der Waals surface area contributed by atoms with Crippen molar-refractivity contribution < 1.29 is 4.79 Å². The van der Waals surface area contributed by atoms with E-state index < -0.39 is 0 Å².